The molecule has 0 saturated carbocycles. The van der Waals surface area contributed by atoms with E-state index in [1.807, 2.05) is 42.6 Å². The zero-order valence-electron chi connectivity index (χ0n) is 14.0. The second-order valence-electron chi connectivity index (χ2n) is 5.61. The maximum Gasteiger partial charge on any atom is 0.252 e. The van der Waals surface area contributed by atoms with Gasteiger partial charge in [-0.15, -0.1) is 11.3 Å². The van der Waals surface area contributed by atoms with Gasteiger partial charge in [-0.3, -0.25) is 14.7 Å². The summed E-state index contributed by atoms with van der Waals surface area (Å²) in [6.45, 7) is 2.59. The minimum atomic E-state index is -0.0749. The maximum atomic E-state index is 12.7. The van der Waals surface area contributed by atoms with Gasteiger partial charge in [0, 0.05) is 36.6 Å². The van der Waals surface area contributed by atoms with E-state index in [1.165, 1.54) is 16.9 Å². The van der Waals surface area contributed by atoms with Gasteiger partial charge in [0.1, 0.15) is 0 Å². The van der Waals surface area contributed by atoms with Crippen LogP contribution in [0.1, 0.15) is 16.7 Å². The van der Waals surface area contributed by atoms with E-state index < -0.39 is 0 Å². The van der Waals surface area contributed by atoms with Crippen LogP contribution in [-0.2, 0) is 11.2 Å². The lowest BCUT2D eigenvalue weighted by atomic mass is 10.1. The molecule has 0 saturated heterocycles. The second kappa shape index (κ2) is 8.35. The molecule has 2 aromatic heterocycles. The minimum Gasteiger partial charge on any atom is -0.284 e. The highest BCUT2D eigenvalue weighted by atomic mass is 32.1. The van der Waals surface area contributed by atoms with Gasteiger partial charge < -0.3 is 0 Å². The molecule has 0 N–H and O–H groups in total. The molecule has 0 atom stereocenters. The molecule has 4 nitrogen and oxygen atoms in total. The van der Waals surface area contributed by atoms with E-state index in [-0.39, 0.29) is 5.91 Å². The fourth-order valence-electron chi connectivity index (χ4n) is 2.44. The van der Waals surface area contributed by atoms with Crippen LogP contribution in [0, 0.1) is 6.92 Å². The lowest BCUT2D eigenvalue weighted by Crippen LogP contribution is -2.31. The van der Waals surface area contributed by atoms with Crippen LogP contribution < -0.4 is 4.90 Å². The Hall–Kier alpha value is -2.79. The topological polar surface area (TPSA) is 46.1 Å². The number of pyridine rings is 1. The highest BCUT2D eigenvalue weighted by Crippen LogP contribution is 2.19. The number of amides is 1. The molecular formula is C20H19N3OS. The van der Waals surface area contributed by atoms with Crippen molar-refractivity contribution < 1.29 is 4.79 Å². The Morgan fingerprint density at radius 3 is 2.76 bits per heavy atom. The summed E-state index contributed by atoms with van der Waals surface area (Å²) in [6, 6.07) is 12.1. The van der Waals surface area contributed by atoms with Gasteiger partial charge in [0.15, 0.2) is 5.13 Å². The summed E-state index contributed by atoms with van der Waals surface area (Å²) in [5, 5.41) is 2.60. The molecule has 0 aliphatic heterocycles. The van der Waals surface area contributed by atoms with E-state index in [2.05, 4.69) is 22.1 Å². The van der Waals surface area contributed by atoms with Crippen LogP contribution in [0.4, 0.5) is 5.13 Å². The first-order valence-electron chi connectivity index (χ1n) is 8.07. The van der Waals surface area contributed by atoms with Gasteiger partial charge >= 0.3 is 0 Å². The van der Waals surface area contributed by atoms with Crippen LogP contribution in [0.25, 0.3) is 6.08 Å². The van der Waals surface area contributed by atoms with Crippen LogP contribution in [0.5, 0.6) is 0 Å². The van der Waals surface area contributed by atoms with Crippen molar-refractivity contribution in [3.8, 4) is 0 Å². The number of carbonyl (C=O) groups is 1. The molecule has 1 amide bonds. The molecule has 5 heteroatoms. The molecule has 126 valence electrons. The summed E-state index contributed by atoms with van der Waals surface area (Å²) in [6.07, 6.45) is 9.42. The van der Waals surface area contributed by atoms with Crippen molar-refractivity contribution in [1.29, 1.82) is 0 Å². The number of rotatable bonds is 6. The van der Waals surface area contributed by atoms with Gasteiger partial charge in [0.2, 0.25) is 0 Å². The summed E-state index contributed by atoms with van der Waals surface area (Å²) in [5.41, 5.74) is 3.23. The average molecular weight is 349 g/mol. The van der Waals surface area contributed by atoms with Gasteiger partial charge in [-0.2, -0.15) is 0 Å². The summed E-state index contributed by atoms with van der Waals surface area (Å²) < 4.78 is 0. The summed E-state index contributed by atoms with van der Waals surface area (Å²) in [4.78, 5) is 22.9. The first-order valence-corrected chi connectivity index (χ1v) is 8.95. The van der Waals surface area contributed by atoms with Crippen LogP contribution in [0.15, 0.2) is 66.4 Å². The van der Waals surface area contributed by atoms with Crippen molar-refractivity contribution >= 4 is 28.5 Å². The number of aryl methyl sites for hydroxylation is 1. The number of nitrogens with zero attached hydrogens (tertiary/aromatic N) is 3. The molecule has 0 aliphatic carbocycles. The zero-order valence-corrected chi connectivity index (χ0v) is 14.8. The summed E-state index contributed by atoms with van der Waals surface area (Å²) in [7, 11) is 0. The molecule has 25 heavy (non-hydrogen) atoms. The maximum absolute atomic E-state index is 12.7. The van der Waals surface area contributed by atoms with Crippen molar-refractivity contribution in [3.63, 3.8) is 0 Å². The smallest absolute Gasteiger partial charge is 0.252 e. The van der Waals surface area contributed by atoms with Crippen molar-refractivity contribution in [2.45, 2.75) is 13.3 Å². The number of hydrogen-bond donors (Lipinski definition) is 0. The molecule has 0 spiro atoms. The molecule has 1 aromatic carbocycles. The third-order valence-corrected chi connectivity index (χ3v) is 4.66. The third kappa shape index (κ3) is 4.61. The number of hydrogen-bond acceptors (Lipinski definition) is 4. The van der Waals surface area contributed by atoms with Gasteiger partial charge in [-0.1, -0.05) is 30.3 Å². The fraction of sp³-hybridized carbons (Fsp3) is 0.150. The van der Waals surface area contributed by atoms with Crippen LogP contribution in [0.3, 0.4) is 0 Å². The number of anilines is 1. The monoisotopic (exact) mass is 349 g/mol. The molecule has 3 aromatic rings. The predicted molar refractivity (Wildman–Crippen MR) is 103 cm³/mol. The van der Waals surface area contributed by atoms with E-state index >= 15 is 0 Å². The highest BCUT2D eigenvalue weighted by Gasteiger charge is 2.15. The van der Waals surface area contributed by atoms with E-state index in [0.717, 1.165) is 17.5 Å². The Balaban J connectivity index is 1.75. The van der Waals surface area contributed by atoms with Gasteiger partial charge in [0.05, 0.1) is 0 Å². The molecule has 0 bridgehead atoms. The van der Waals surface area contributed by atoms with Crippen LogP contribution in [-0.4, -0.2) is 22.4 Å². The summed E-state index contributed by atoms with van der Waals surface area (Å²) in [5.74, 6) is -0.0749. The number of aromatic nitrogens is 2. The summed E-state index contributed by atoms with van der Waals surface area (Å²) >= 11 is 1.47. The quantitative estimate of drug-likeness (QED) is 0.629. The Kier molecular flexibility index (Phi) is 5.69. The lowest BCUT2D eigenvalue weighted by Gasteiger charge is -2.18. The first kappa shape index (κ1) is 17.0. The van der Waals surface area contributed by atoms with Gasteiger partial charge in [-0.05, 0) is 42.2 Å². The van der Waals surface area contributed by atoms with Crippen molar-refractivity contribution in [2.75, 3.05) is 11.4 Å². The Bertz CT molecular complexity index is 844. The predicted octanol–water partition coefficient (Wildman–Crippen LogP) is 4.14. The van der Waals surface area contributed by atoms with Gasteiger partial charge in [0.25, 0.3) is 5.91 Å². The van der Waals surface area contributed by atoms with E-state index in [4.69, 9.17) is 0 Å². The van der Waals surface area contributed by atoms with Gasteiger partial charge in [-0.25, -0.2) is 4.98 Å². The zero-order chi connectivity index (χ0) is 17.5. The highest BCUT2D eigenvalue weighted by molar-refractivity contribution is 7.13. The normalized spacial score (nSPS) is 10.9. The molecule has 2 heterocycles. The molecule has 3 rings (SSSR count). The Labute approximate surface area is 151 Å². The Morgan fingerprint density at radius 2 is 2.04 bits per heavy atom. The second-order valence-corrected chi connectivity index (χ2v) is 6.48. The van der Waals surface area contributed by atoms with Crippen LogP contribution >= 0.6 is 11.3 Å². The molecule has 0 aliphatic rings. The standard InChI is InChI=1S/C20H19N3OS/c1-16-9-11-21-15-18(16)7-8-19(24)23(20-22-12-14-25-20)13-10-17-5-3-2-4-6-17/h2-9,11-12,14-15H,10,13H2,1H3/b8-7+. The van der Waals surface area contributed by atoms with Crippen molar-refractivity contribution in [3.05, 3.63) is 83.1 Å². The van der Waals surface area contributed by atoms with Crippen molar-refractivity contribution in [2.24, 2.45) is 0 Å². The molecule has 0 radical (unpaired) electrons. The lowest BCUT2D eigenvalue weighted by molar-refractivity contribution is -0.114. The van der Waals surface area contributed by atoms with E-state index in [1.54, 1.807) is 29.6 Å². The molecule has 0 unspecified atom stereocenters. The fourth-order valence-corrected chi connectivity index (χ4v) is 3.11. The van der Waals surface area contributed by atoms with E-state index in [9.17, 15) is 4.79 Å². The number of thiazole rings is 1. The first-order chi connectivity index (χ1) is 12.2. The minimum absolute atomic E-state index is 0.0749. The largest absolute Gasteiger partial charge is 0.284 e. The molecule has 0 fully saturated rings. The van der Waals surface area contributed by atoms with Crippen molar-refractivity contribution in [1.82, 2.24) is 9.97 Å². The SMILES string of the molecule is Cc1ccncc1/C=C/C(=O)N(CCc1ccccc1)c1nccs1. The van der Waals surface area contributed by atoms with Crippen LogP contribution in [0.2, 0.25) is 0 Å². The molecular weight excluding hydrogens is 330 g/mol. The third-order valence-electron chi connectivity index (χ3n) is 3.87. The van der Waals surface area contributed by atoms with E-state index in [0.29, 0.717) is 11.7 Å². The average Bonchev–Trinajstić information content (AvgIpc) is 3.16. The Morgan fingerprint density at radius 1 is 1.20 bits per heavy atom. The number of carbonyl (C=O) groups excluding carboxylic acids is 1. The number of benzene rings is 1.